The van der Waals surface area contributed by atoms with Gasteiger partial charge in [-0.1, -0.05) is 6.07 Å². The smallest absolute Gasteiger partial charge is 0.228 e. The van der Waals surface area contributed by atoms with E-state index in [1.807, 2.05) is 19.9 Å². The van der Waals surface area contributed by atoms with Gasteiger partial charge in [-0.05, 0) is 25.0 Å². The second kappa shape index (κ2) is 4.22. The van der Waals surface area contributed by atoms with Crippen LogP contribution in [0.15, 0.2) is 12.3 Å². The number of pyridine rings is 1. The summed E-state index contributed by atoms with van der Waals surface area (Å²) in [6, 6.07) is 2.02. The zero-order valence-corrected chi connectivity index (χ0v) is 9.60. The zero-order valence-electron chi connectivity index (χ0n) is 9.60. The molecular formula is C12H16N2O2. The van der Waals surface area contributed by atoms with E-state index in [9.17, 15) is 4.79 Å². The molecule has 1 unspecified atom stereocenters. The number of hydrogen-bond acceptors (Lipinski definition) is 3. The van der Waals surface area contributed by atoms with Crippen LogP contribution in [0.5, 0.6) is 0 Å². The van der Waals surface area contributed by atoms with Crippen molar-refractivity contribution in [2.45, 2.75) is 20.3 Å². The van der Waals surface area contributed by atoms with Gasteiger partial charge in [-0.25, -0.2) is 4.98 Å². The fourth-order valence-electron chi connectivity index (χ4n) is 2.10. The van der Waals surface area contributed by atoms with Crippen molar-refractivity contribution in [1.29, 1.82) is 0 Å². The molecule has 0 saturated carbocycles. The van der Waals surface area contributed by atoms with Gasteiger partial charge in [-0.3, -0.25) is 9.69 Å². The lowest BCUT2D eigenvalue weighted by molar-refractivity contribution is -0.117. The first-order valence-electron chi connectivity index (χ1n) is 5.46. The summed E-state index contributed by atoms with van der Waals surface area (Å²) in [5.74, 6) is 0.833. The van der Waals surface area contributed by atoms with Crippen LogP contribution in [0.4, 0.5) is 5.82 Å². The van der Waals surface area contributed by atoms with Crippen molar-refractivity contribution in [3.05, 3.63) is 23.4 Å². The molecule has 1 amide bonds. The minimum absolute atomic E-state index is 0.0509. The molecule has 86 valence electrons. The SMILES string of the molecule is Cc1cnc(N2CC(CO)CC2=O)c(C)c1. The average molecular weight is 220 g/mol. The van der Waals surface area contributed by atoms with Crippen molar-refractivity contribution < 1.29 is 9.90 Å². The van der Waals surface area contributed by atoms with Crippen molar-refractivity contribution in [2.24, 2.45) is 5.92 Å². The van der Waals surface area contributed by atoms with E-state index in [0.29, 0.717) is 13.0 Å². The molecule has 1 atom stereocenters. The van der Waals surface area contributed by atoms with Gasteiger partial charge in [-0.2, -0.15) is 0 Å². The maximum Gasteiger partial charge on any atom is 0.228 e. The molecule has 1 saturated heterocycles. The number of aliphatic hydroxyl groups excluding tert-OH is 1. The summed E-state index contributed by atoms with van der Waals surface area (Å²) >= 11 is 0. The molecule has 1 N–H and O–H groups in total. The predicted octanol–water partition coefficient (Wildman–Crippen LogP) is 1.04. The van der Waals surface area contributed by atoms with Gasteiger partial charge in [0.2, 0.25) is 5.91 Å². The van der Waals surface area contributed by atoms with E-state index >= 15 is 0 Å². The Morgan fingerprint density at radius 3 is 2.88 bits per heavy atom. The van der Waals surface area contributed by atoms with Crippen molar-refractivity contribution >= 4 is 11.7 Å². The first kappa shape index (κ1) is 11.1. The Morgan fingerprint density at radius 2 is 2.31 bits per heavy atom. The number of rotatable bonds is 2. The fraction of sp³-hybridized carbons (Fsp3) is 0.500. The highest BCUT2D eigenvalue weighted by Gasteiger charge is 2.31. The first-order valence-corrected chi connectivity index (χ1v) is 5.46. The molecule has 0 radical (unpaired) electrons. The minimum atomic E-state index is 0.0509. The average Bonchev–Trinajstić information content (AvgIpc) is 2.60. The number of amides is 1. The number of carbonyl (C=O) groups is 1. The summed E-state index contributed by atoms with van der Waals surface area (Å²) in [7, 11) is 0. The normalized spacial score (nSPS) is 20.6. The number of aryl methyl sites for hydroxylation is 2. The molecule has 4 heteroatoms. The first-order chi connectivity index (χ1) is 7.61. The Balaban J connectivity index is 2.28. The molecule has 16 heavy (non-hydrogen) atoms. The highest BCUT2D eigenvalue weighted by atomic mass is 16.3. The highest BCUT2D eigenvalue weighted by Crippen LogP contribution is 2.25. The van der Waals surface area contributed by atoms with Crippen LogP contribution < -0.4 is 4.90 Å². The van der Waals surface area contributed by atoms with Gasteiger partial charge in [0.15, 0.2) is 0 Å². The van der Waals surface area contributed by atoms with Crippen molar-refractivity contribution in [3.63, 3.8) is 0 Å². The summed E-state index contributed by atoms with van der Waals surface area (Å²) in [5.41, 5.74) is 2.10. The van der Waals surface area contributed by atoms with Gasteiger partial charge >= 0.3 is 0 Å². The number of carbonyl (C=O) groups excluding carboxylic acids is 1. The van der Waals surface area contributed by atoms with Gasteiger partial charge in [0.1, 0.15) is 5.82 Å². The van der Waals surface area contributed by atoms with Crippen LogP contribution in [0.1, 0.15) is 17.5 Å². The van der Waals surface area contributed by atoms with E-state index in [0.717, 1.165) is 16.9 Å². The summed E-state index contributed by atoms with van der Waals surface area (Å²) < 4.78 is 0. The minimum Gasteiger partial charge on any atom is -0.396 e. The second-order valence-electron chi connectivity index (χ2n) is 4.41. The standard InChI is InChI=1S/C12H16N2O2/c1-8-3-9(2)12(13-5-8)14-6-10(7-15)4-11(14)16/h3,5,10,15H,4,6-7H2,1-2H3. The van der Waals surface area contributed by atoms with Crippen LogP contribution in [0.2, 0.25) is 0 Å². The lowest BCUT2D eigenvalue weighted by atomic mass is 10.1. The summed E-state index contributed by atoms with van der Waals surface area (Å²) in [4.78, 5) is 17.7. The molecule has 1 aromatic heterocycles. The van der Waals surface area contributed by atoms with Gasteiger partial charge in [0.05, 0.1) is 0 Å². The van der Waals surface area contributed by atoms with Crippen molar-refractivity contribution in [2.75, 3.05) is 18.1 Å². The Labute approximate surface area is 94.9 Å². The fourth-order valence-corrected chi connectivity index (χ4v) is 2.10. The van der Waals surface area contributed by atoms with Gasteiger partial charge in [0.25, 0.3) is 0 Å². The third-order valence-corrected chi connectivity index (χ3v) is 2.91. The molecule has 1 fully saturated rings. The Kier molecular flexibility index (Phi) is 2.92. The topological polar surface area (TPSA) is 53.4 Å². The molecule has 1 aromatic rings. The molecule has 4 nitrogen and oxygen atoms in total. The van der Waals surface area contributed by atoms with Crippen molar-refractivity contribution in [1.82, 2.24) is 4.98 Å². The number of hydrogen-bond donors (Lipinski definition) is 1. The molecule has 1 aliphatic rings. The largest absolute Gasteiger partial charge is 0.396 e. The summed E-state index contributed by atoms with van der Waals surface area (Å²) in [6.07, 6.45) is 2.19. The lowest BCUT2D eigenvalue weighted by Crippen LogP contribution is -2.26. The van der Waals surface area contributed by atoms with Gasteiger partial charge < -0.3 is 5.11 Å². The summed E-state index contributed by atoms with van der Waals surface area (Å²) in [5, 5.41) is 9.06. The maximum absolute atomic E-state index is 11.8. The third-order valence-electron chi connectivity index (χ3n) is 2.91. The molecule has 0 spiro atoms. The van der Waals surface area contributed by atoms with E-state index in [1.165, 1.54) is 0 Å². The van der Waals surface area contributed by atoms with Crippen LogP contribution in [0, 0.1) is 19.8 Å². The number of aromatic nitrogens is 1. The molecule has 1 aliphatic heterocycles. The monoisotopic (exact) mass is 220 g/mol. The van der Waals surface area contributed by atoms with Gasteiger partial charge in [-0.15, -0.1) is 0 Å². The van der Waals surface area contributed by atoms with E-state index in [4.69, 9.17) is 5.11 Å². The number of aliphatic hydroxyl groups is 1. The molecule has 0 aliphatic carbocycles. The van der Waals surface area contributed by atoms with Crippen LogP contribution in [-0.4, -0.2) is 29.1 Å². The van der Waals surface area contributed by atoms with Crippen LogP contribution >= 0.6 is 0 Å². The molecule has 0 aromatic carbocycles. The highest BCUT2D eigenvalue weighted by molar-refractivity contribution is 5.95. The predicted molar refractivity (Wildman–Crippen MR) is 61.3 cm³/mol. The van der Waals surface area contributed by atoms with Crippen molar-refractivity contribution in [3.8, 4) is 0 Å². The van der Waals surface area contributed by atoms with Crippen LogP contribution in [-0.2, 0) is 4.79 Å². The molecule has 0 bridgehead atoms. The molecule has 2 heterocycles. The lowest BCUT2D eigenvalue weighted by Gasteiger charge is -2.17. The number of nitrogens with zero attached hydrogens (tertiary/aromatic N) is 2. The molecule has 2 rings (SSSR count). The molecular weight excluding hydrogens is 204 g/mol. The Morgan fingerprint density at radius 1 is 1.56 bits per heavy atom. The Bertz CT molecular complexity index is 417. The third kappa shape index (κ3) is 1.93. The van der Waals surface area contributed by atoms with Crippen LogP contribution in [0.3, 0.4) is 0 Å². The quantitative estimate of drug-likeness (QED) is 0.810. The van der Waals surface area contributed by atoms with E-state index in [1.54, 1.807) is 11.1 Å². The maximum atomic E-state index is 11.8. The Hall–Kier alpha value is -1.42. The second-order valence-corrected chi connectivity index (χ2v) is 4.41. The van der Waals surface area contributed by atoms with Gasteiger partial charge in [0, 0.05) is 31.7 Å². The van der Waals surface area contributed by atoms with E-state index in [-0.39, 0.29) is 18.4 Å². The summed E-state index contributed by atoms with van der Waals surface area (Å²) in [6.45, 7) is 4.57. The van der Waals surface area contributed by atoms with E-state index < -0.39 is 0 Å². The van der Waals surface area contributed by atoms with E-state index in [2.05, 4.69) is 4.98 Å². The zero-order chi connectivity index (χ0) is 11.7. The van der Waals surface area contributed by atoms with Crippen LogP contribution in [0.25, 0.3) is 0 Å². The number of anilines is 1.